The Bertz CT molecular complexity index is 1360. The number of nitrogens with zero attached hydrogens (tertiary/aromatic N) is 2. The lowest BCUT2D eigenvalue weighted by Gasteiger charge is -2.17. The van der Waals surface area contributed by atoms with Crippen molar-refractivity contribution in [3.63, 3.8) is 0 Å². The lowest BCUT2D eigenvalue weighted by atomic mass is 10.1. The summed E-state index contributed by atoms with van der Waals surface area (Å²) < 4.78 is 13.7. The lowest BCUT2D eigenvalue weighted by Crippen LogP contribution is -2.29. The first-order chi connectivity index (χ1) is 17.5. The number of para-hydroxylation sites is 2. The third kappa shape index (κ3) is 5.60. The summed E-state index contributed by atoms with van der Waals surface area (Å²) in [6.45, 7) is 8.93. The summed E-state index contributed by atoms with van der Waals surface area (Å²) in [5, 5.41) is 3.12. The predicted octanol–water partition coefficient (Wildman–Crippen LogP) is 6.04. The number of fused-ring (bicyclic) bond motifs is 1. The van der Waals surface area contributed by atoms with E-state index in [2.05, 4.69) is 22.5 Å². The number of amides is 1. The largest absolute Gasteiger partial charge is 0.493 e. The molecule has 6 heteroatoms. The predicted molar refractivity (Wildman–Crippen MR) is 144 cm³/mol. The number of ether oxygens (including phenoxy) is 2. The Labute approximate surface area is 212 Å². The highest BCUT2D eigenvalue weighted by Gasteiger charge is 2.19. The first-order valence-electron chi connectivity index (χ1n) is 12.2. The third-order valence-corrected chi connectivity index (χ3v) is 6.20. The number of hydrogen-bond acceptors (Lipinski definition) is 4. The zero-order chi connectivity index (χ0) is 25.5. The molecule has 0 aliphatic carbocycles. The molecule has 1 N–H and O–H groups in total. The average Bonchev–Trinajstić information content (AvgIpc) is 3.26. The van der Waals surface area contributed by atoms with Gasteiger partial charge in [-0.15, -0.1) is 6.58 Å². The average molecular weight is 484 g/mol. The second-order valence-electron chi connectivity index (χ2n) is 8.80. The number of carbonyl (C=O) groups excluding carboxylic acids is 1. The molecule has 0 radical (unpaired) electrons. The molecule has 1 unspecified atom stereocenters. The van der Waals surface area contributed by atoms with Gasteiger partial charge in [-0.05, 0) is 68.1 Å². The summed E-state index contributed by atoms with van der Waals surface area (Å²) in [4.78, 5) is 17.8. The molecule has 186 valence electrons. The molecule has 0 aliphatic rings. The number of carbonyl (C=O) groups is 1. The maximum Gasteiger partial charge on any atom is 0.252 e. The molecule has 3 aromatic carbocycles. The fourth-order valence-electron chi connectivity index (χ4n) is 4.36. The number of aryl methyl sites for hydroxylation is 2. The van der Waals surface area contributed by atoms with Crippen LogP contribution in [0.3, 0.4) is 0 Å². The van der Waals surface area contributed by atoms with E-state index in [4.69, 9.17) is 14.5 Å². The van der Waals surface area contributed by atoms with Gasteiger partial charge in [-0.3, -0.25) is 4.79 Å². The molecule has 1 atom stereocenters. The first kappa shape index (κ1) is 25.0. The summed E-state index contributed by atoms with van der Waals surface area (Å²) in [5.41, 5.74) is 4.69. The number of imidazole rings is 1. The molecule has 6 nitrogen and oxygen atoms in total. The molecule has 0 fully saturated rings. The minimum atomic E-state index is -0.261. The van der Waals surface area contributed by atoms with Crippen molar-refractivity contribution in [3.8, 4) is 11.5 Å². The van der Waals surface area contributed by atoms with E-state index in [0.29, 0.717) is 18.7 Å². The van der Waals surface area contributed by atoms with E-state index < -0.39 is 0 Å². The van der Waals surface area contributed by atoms with Gasteiger partial charge in [-0.25, -0.2) is 4.98 Å². The van der Waals surface area contributed by atoms with Crippen LogP contribution in [0.5, 0.6) is 11.5 Å². The normalized spacial score (nSPS) is 11.8. The number of rotatable bonds is 11. The van der Waals surface area contributed by atoms with Gasteiger partial charge in [0.05, 0.1) is 30.8 Å². The van der Waals surface area contributed by atoms with E-state index in [1.807, 2.05) is 80.6 Å². The standard InChI is InChI=1S/C30H33N3O3/c1-5-11-23-16-17-27(28(20-23)35-4)36-19-10-18-33-26-15-9-8-14-25(26)32-29(33)22(3)31-30(34)24-13-7-6-12-21(24)2/h5-9,12-17,20,22H,1,10-11,18-19H2,2-4H3,(H,31,34). The van der Waals surface area contributed by atoms with Gasteiger partial charge in [0.2, 0.25) is 0 Å². The fourth-order valence-corrected chi connectivity index (χ4v) is 4.36. The molecule has 0 spiro atoms. The Morgan fingerprint density at radius 1 is 1.11 bits per heavy atom. The van der Waals surface area contributed by atoms with E-state index in [-0.39, 0.29) is 11.9 Å². The van der Waals surface area contributed by atoms with Crippen LogP contribution in [-0.4, -0.2) is 29.2 Å². The summed E-state index contributed by atoms with van der Waals surface area (Å²) in [7, 11) is 1.65. The molecule has 36 heavy (non-hydrogen) atoms. The molecule has 1 amide bonds. The van der Waals surface area contributed by atoms with E-state index in [1.54, 1.807) is 7.11 Å². The Hall–Kier alpha value is -4.06. The number of allylic oxidation sites excluding steroid dienone is 1. The van der Waals surface area contributed by atoms with Crippen molar-refractivity contribution < 1.29 is 14.3 Å². The van der Waals surface area contributed by atoms with Crippen LogP contribution in [0.25, 0.3) is 11.0 Å². The van der Waals surface area contributed by atoms with Gasteiger partial charge in [-0.2, -0.15) is 0 Å². The smallest absolute Gasteiger partial charge is 0.252 e. The van der Waals surface area contributed by atoms with Crippen molar-refractivity contribution in [2.24, 2.45) is 0 Å². The molecule has 4 rings (SSSR count). The van der Waals surface area contributed by atoms with Crippen molar-refractivity contribution in [2.45, 2.75) is 39.3 Å². The zero-order valence-corrected chi connectivity index (χ0v) is 21.2. The fraction of sp³-hybridized carbons (Fsp3) is 0.267. The van der Waals surface area contributed by atoms with Crippen molar-refractivity contribution in [2.75, 3.05) is 13.7 Å². The second-order valence-corrected chi connectivity index (χ2v) is 8.80. The van der Waals surface area contributed by atoms with E-state index in [1.165, 1.54) is 0 Å². The van der Waals surface area contributed by atoms with Crippen LogP contribution in [0.2, 0.25) is 0 Å². The Kier molecular flexibility index (Phi) is 8.06. The van der Waals surface area contributed by atoms with Crippen LogP contribution in [0.15, 0.2) is 79.4 Å². The van der Waals surface area contributed by atoms with Gasteiger partial charge in [-0.1, -0.05) is 42.5 Å². The van der Waals surface area contributed by atoms with Gasteiger partial charge in [0.15, 0.2) is 11.5 Å². The molecule has 1 heterocycles. The van der Waals surface area contributed by atoms with Crippen LogP contribution in [-0.2, 0) is 13.0 Å². The monoisotopic (exact) mass is 483 g/mol. The highest BCUT2D eigenvalue weighted by atomic mass is 16.5. The number of hydrogen-bond donors (Lipinski definition) is 1. The summed E-state index contributed by atoms with van der Waals surface area (Å²) in [6, 6.07) is 21.3. The highest BCUT2D eigenvalue weighted by molar-refractivity contribution is 5.95. The van der Waals surface area contributed by atoms with Crippen LogP contribution in [0.1, 0.15) is 46.7 Å². The Morgan fingerprint density at radius 2 is 1.89 bits per heavy atom. The molecular weight excluding hydrogens is 450 g/mol. The van der Waals surface area contributed by atoms with Crippen molar-refractivity contribution in [1.29, 1.82) is 0 Å². The van der Waals surface area contributed by atoms with Gasteiger partial charge in [0, 0.05) is 12.1 Å². The molecule has 0 saturated heterocycles. The molecule has 0 saturated carbocycles. The molecule has 0 bridgehead atoms. The van der Waals surface area contributed by atoms with Crippen LogP contribution in [0, 0.1) is 6.92 Å². The van der Waals surface area contributed by atoms with Gasteiger partial charge >= 0.3 is 0 Å². The molecular formula is C30H33N3O3. The van der Waals surface area contributed by atoms with Gasteiger partial charge in [0.25, 0.3) is 5.91 Å². The van der Waals surface area contributed by atoms with Crippen molar-refractivity contribution in [1.82, 2.24) is 14.9 Å². The van der Waals surface area contributed by atoms with E-state index in [9.17, 15) is 4.79 Å². The van der Waals surface area contributed by atoms with Gasteiger partial charge in [0.1, 0.15) is 5.82 Å². The van der Waals surface area contributed by atoms with E-state index in [0.717, 1.165) is 52.3 Å². The minimum absolute atomic E-state index is 0.102. The number of methoxy groups -OCH3 is 1. The summed E-state index contributed by atoms with van der Waals surface area (Å²) >= 11 is 0. The molecule has 1 aromatic heterocycles. The summed E-state index contributed by atoms with van der Waals surface area (Å²) in [6.07, 6.45) is 3.42. The topological polar surface area (TPSA) is 65.4 Å². The first-order valence-corrected chi connectivity index (χ1v) is 12.2. The number of benzene rings is 3. The molecule has 4 aromatic rings. The summed E-state index contributed by atoms with van der Waals surface area (Å²) in [5.74, 6) is 2.16. The van der Waals surface area contributed by atoms with Crippen molar-refractivity contribution >= 4 is 16.9 Å². The van der Waals surface area contributed by atoms with Crippen LogP contribution in [0.4, 0.5) is 0 Å². The van der Waals surface area contributed by atoms with Crippen LogP contribution < -0.4 is 14.8 Å². The van der Waals surface area contributed by atoms with Crippen LogP contribution >= 0.6 is 0 Å². The lowest BCUT2D eigenvalue weighted by molar-refractivity contribution is 0.0937. The highest BCUT2D eigenvalue weighted by Crippen LogP contribution is 2.29. The Morgan fingerprint density at radius 3 is 2.67 bits per heavy atom. The Balaban J connectivity index is 1.47. The van der Waals surface area contributed by atoms with Crippen molar-refractivity contribution in [3.05, 3.63) is 102 Å². The number of nitrogens with one attached hydrogen (secondary N) is 1. The molecule has 0 aliphatic heterocycles. The minimum Gasteiger partial charge on any atom is -0.493 e. The van der Waals surface area contributed by atoms with E-state index >= 15 is 0 Å². The second kappa shape index (κ2) is 11.6. The maximum absolute atomic E-state index is 12.9. The quantitative estimate of drug-likeness (QED) is 0.209. The zero-order valence-electron chi connectivity index (χ0n) is 21.2. The number of aromatic nitrogens is 2. The SMILES string of the molecule is C=CCc1ccc(OCCCn2c(C(C)NC(=O)c3ccccc3C)nc3ccccc32)c(OC)c1. The van der Waals surface area contributed by atoms with Gasteiger partial charge < -0.3 is 19.4 Å². The maximum atomic E-state index is 12.9. The third-order valence-electron chi connectivity index (χ3n) is 6.20.